The lowest BCUT2D eigenvalue weighted by molar-refractivity contribution is -0.123. The van der Waals surface area contributed by atoms with Gasteiger partial charge in [-0.15, -0.1) is 0 Å². The third-order valence-corrected chi connectivity index (χ3v) is 2.20. The Morgan fingerprint density at radius 1 is 1.53 bits per heavy atom. The number of carbonyl (C=O) groups excluding carboxylic acids is 1. The van der Waals surface area contributed by atoms with E-state index in [0.717, 1.165) is 6.07 Å². The lowest BCUT2D eigenvalue weighted by Crippen LogP contribution is -2.31. The standard InChI is InChI=1S/C12H15ClFNO2/c1-8(2)6-15-12(16)7-17-11-4-3-9(13)5-10(11)14/h3-5,8H,6-7H2,1-2H3,(H,15,16). The molecule has 0 unspecified atom stereocenters. The van der Waals surface area contributed by atoms with Crippen molar-refractivity contribution in [2.75, 3.05) is 13.2 Å². The number of amides is 1. The first-order valence-corrected chi connectivity index (χ1v) is 5.71. The zero-order chi connectivity index (χ0) is 12.8. The number of benzene rings is 1. The second-order valence-corrected chi connectivity index (χ2v) is 4.50. The molecule has 5 heteroatoms. The van der Waals surface area contributed by atoms with Crippen LogP contribution in [0.1, 0.15) is 13.8 Å². The summed E-state index contributed by atoms with van der Waals surface area (Å²) < 4.78 is 18.3. The average Bonchev–Trinajstić information content (AvgIpc) is 2.25. The number of carbonyl (C=O) groups is 1. The zero-order valence-corrected chi connectivity index (χ0v) is 10.6. The van der Waals surface area contributed by atoms with Crippen molar-refractivity contribution in [3.63, 3.8) is 0 Å². The number of hydrogen-bond acceptors (Lipinski definition) is 2. The highest BCUT2D eigenvalue weighted by molar-refractivity contribution is 6.30. The third kappa shape index (κ3) is 5.04. The van der Waals surface area contributed by atoms with E-state index in [4.69, 9.17) is 16.3 Å². The van der Waals surface area contributed by atoms with Gasteiger partial charge in [0, 0.05) is 11.6 Å². The molecule has 1 rings (SSSR count). The van der Waals surface area contributed by atoms with Gasteiger partial charge >= 0.3 is 0 Å². The molecule has 0 bridgehead atoms. The molecule has 3 nitrogen and oxygen atoms in total. The highest BCUT2D eigenvalue weighted by Crippen LogP contribution is 2.20. The summed E-state index contributed by atoms with van der Waals surface area (Å²) in [7, 11) is 0. The molecule has 1 aromatic rings. The van der Waals surface area contributed by atoms with Crippen LogP contribution in [0, 0.1) is 11.7 Å². The third-order valence-electron chi connectivity index (χ3n) is 1.96. The Morgan fingerprint density at radius 3 is 2.82 bits per heavy atom. The van der Waals surface area contributed by atoms with Crippen LogP contribution in [-0.2, 0) is 4.79 Å². The van der Waals surface area contributed by atoms with Crippen LogP contribution in [0.3, 0.4) is 0 Å². The Bertz CT molecular complexity index is 396. The van der Waals surface area contributed by atoms with Crippen molar-refractivity contribution in [3.8, 4) is 5.75 Å². The summed E-state index contributed by atoms with van der Waals surface area (Å²) in [5, 5.41) is 2.96. The summed E-state index contributed by atoms with van der Waals surface area (Å²) in [5.74, 6) is -0.456. The number of rotatable bonds is 5. The molecule has 0 aromatic heterocycles. The van der Waals surface area contributed by atoms with Crippen LogP contribution in [0.5, 0.6) is 5.75 Å². The topological polar surface area (TPSA) is 38.3 Å². The van der Waals surface area contributed by atoms with Gasteiger partial charge in [-0.3, -0.25) is 4.79 Å². The van der Waals surface area contributed by atoms with Crippen LogP contribution in [0.25, 0.3) is 0 Å². The number of halogens is 2. The predicted molar refractivity (Wildman–Crippen MR) is 64.8 cm³/mol. The van der Waals surface area contributed by atoms with Crippen molar-refractivity contribution in [2.24, 2.45) is 5.92 Å². The fourth-order valence-electron chi connectivity index (χ4n) is 1.10. The minimum atomic E-state index is -0.575. The lowest BCUT2D eigenvalue weighted by atomic mass is 10.2. The molecule has 0 aliphatic carbocycles. The fraction of sp³-hybridized carbons (Fsp3) is 0.417. The molecule has 0 aliphatic heterocycles. The van der Waals surface area contributed by atoms with E-state index < -0.39 is 5.82 Å². The molecule has 0 saturated heterocycles. The van der Waals surface area contributed by atoms with Crippen LogP contribution in [0.4, 0.5) is 4.39 Å². The van der Waals surface area contributed by atoms with Gasteiger partial charge in [0.15, 0.2) is 18.2 Å². The Balaban J connectivity index is 2.42. The second kappa shape index (κ2) is 6.45. The normalized spacial score (nSPS) is 10.4. The maximum atomic E-state index is 13.3. The number of hydrogen-bond donors (Lipinski definition) is 1. The smallest absolute Gasteiger partial charge is 0.257 e. The molecule has 0 radical (unpaired) electrons. The van der Waals surface area contributed by atoms with Gasteiger partial charge in [0.2, 0.25) is 0 Å². The van der Waals surface area contributed by atoms with Crippen molar-refractivity contribution in [3.05, 3.63) is 29.0 Å². The molecule has 0 aliphatic rings. The second-order valence-electron chi connectivity index (χ2n) is 4.06. The van der Waals surface area contributed by atoms with Gasteiger partial charge in [0.25, 0.3) is 5.91 Å². The van der Waals surface area contributed by atoms with Crippen molar-refractivity contribution in [1.82, 2.24) is 5.32 Å². The van der Waals surface area contributed by atoms with Gasteiger partial charge < -0.3 is 10.1 Å². The first kappa shape index (κ1) is 13.8. The largest absolute Gasteiger partial charge is 0.481 e. The van der Waals surface area contributed by atoms with Crippen molar-refractivity contribution in [2.45, 2.75) is 13.8 Å². The average molecular weight is 260 g/mol. The number of ether oxygens (including phenoxy) is 1. The minimum absolute atomic E-state index is 0.0223. The summed E-state index contributed by atoms with van der Waals surface area (Å²) >= 11 is 5.59. The molecule has 0 fully saturated rings. The van der Waals surface area contributed by atoms with E-state index in [1.54, 1.807) is 0 Å². The van der Waals surface area contributed by atoms with Gasteiger partial charge in [0.05, 0.1) is 0 Å². The van der Waals surface area contributed by atoms with Gasteiger partial charge in [-0.2, -0.15) is 0 Å². The maximum Gasteiger partial charge on any atom is 0.257 e. The van der Waals surface area contributed by atoms with Crippen molar-refractivity contribution in [1.29, 1.82) is 0 Å². The first-order valence-electron chi connectivity index (χ1n) is 5.33. The van der Waals surface area contributed by atoms with E-state index in [9.17, 15) is 9.18 Å². The quantitative estimate of drug-likeness (QED) is 0.883. The van der Waals surface area contributed by atoms with E-state index in [2.05, 4.69) is 5.32 Å². The van der Waals surface area contributed by atoms with E-state index in [1.807, 2.05) is 13.8 Å². The lowest BCUT2D eigenvalue weighted by Gasteiger charge is -2.09. The monoisotopic (exact) mass is 259 g/mol. The van der Waals surface area contributed by atoms with Crippen LogP contribution in [0.2, 0.25) is 5.02 Å². The maximum absolute atomic E-state index is 13.3. The van der Waals surface area contributed by atoms with Crippen LogP contribution in [-0.4, -0.2) is 19.1 Å². The van der Waals surface area contributed by atoms with Crippen LogP contribution in [0.15, 0.2) is 18.2 Å². The van der Waals surface area contributed by atoms with E-state index >= 15 is 0 Å². The summed E-state index contributed by atoms with van der Waals surface area (Å²) in [5.41, 5.74) is 0. The molecular weight excluding hydrogens is 245 g/mol. The van der Waals surface area contributed by atoms with E-state index in [0.29, 0.717) is 17.5 Å². The van der Waals surface area contributed by atoms with Crippen molar-refractivity contribution < 1.29 is 13.9 Å². The molecule has 1 amide bonds. The highest BCUT2D eigenvalue weighted by atomic mass is 35.5. The summed E-state index contributed by atoms with van der Waals surface area (Å²) in [4.78, 5) is 11.3. The van der Waals surface area contributed by atoms with E-state index in [-0.39, 0.29) is 18.3 Å². The molecule has 0 spiro atoms. The predicted octanol–water partition coefficient (Wildman–Crippen LogP) is 2.63. The molecule has 0 heterocycles. The fourth-order valence-corrected chi connectivity index (χ4v) is 1.26. The van der Waals surface area contributed by atoms with Crippen LogP contribution < -0.4 is 10.1 Å². The Hall–Kier alpha value is -1.29. The molecule has 0 atom stereocenters. The Labute approximate surface area is 105 Å². The molecule has 94 valence electrons. The van der Waals surface area contributed by atoms with Gasteiger partial charge in [-0.1, -0.05) is 25.4 Å². The molecule has 17 heavy (non-hydrogen) atoms. The SMILES string of the molecule is CC(C)CNC(=O)COc1ccc(Cl)cc1F. The summed E-state index contributed by atoms with van der Waals surface area (Å²) in [6.45, 7) is 4.34. The summed E-state index contributed by atoms with van der Waals surface area (Å²) in [6, 6.07) is 4.04. The van der Waals surface area contributed by atoms with Gasteiger partial charge in [-0.25, -0.2) is 4.39 Å². The van der Waals surface area contributed by atoms with E-state index in [1.165, 1.54) is 12.1 Å². The Kier molecular flexibility index (Phi) is 5.22. The highest BCUT2D eigenvalue weighted by Gasteiger charge is 2.07. The van der Waals surface area contributed by atoms with Gasteiger partial charge in [-0.05, 0) is 24.1 Å². The summed E-state index contributed by atoms with van der Waals surface area (Å²) in [6.07, 6.45) is 0. The molecule has 1 N–H and O–H groups in total. The number of nitrogens with one attached hydrogen (secondary N) is 1. The molecular formula is C12H15ClFNO2. The zero-order valence-electron chi connectivity index (χ0n) is 9.80. The first-order chi connectivity index (χ1) is 7.99. The molecule has 0 saturated carbocycles. The Morgan fingerprint density at radius 2 is 2.24 bits per heavy atom. The minimum Gasteiger partial charge on any atom is -0.481 e. The molecule has 1 aromatic carbocycles. The van der Waals surface area contributed by atoms with Gasteiger partial charge in [0.1, 0.15) is 0 Å². The van der Waals surface area contributed by atoms with Crippen LogP contribution >= 0.6 is 11.6 Å². The van der Waals surface area contributed by atoms with Crippen molar-refractivity contribution >= 4 is 17.5 Å².